The summed E-state index contributed by atoms with van der Waals surface area (Å²) in [5, 5.41) is 9.30. The molecule has 0 spiro atoms. The summed E-state index contributed by atoms with van der Waals surface area (Å²) < 4.78 is 5.65. The first kappa shape index (κ1) is 12.2. The highest BCUT2D eigenvalue weighted by Crippen LogP contribution is 2.23. The molecule has 0 aliphatic rings. The lowest BCUT2D eigenvalue weighted by atomic mass is 10.1. The molecule has 0 radical (unpaired) electrons. The molecule has 0 saturated heterocycles. The van der Waals surface area contributed by atoms with Gasteiger partial charge < -0.3 is 4.42 Å². The number of nitrogens with zero attached hydrogens (tertiary/aromatic N) is 2. The van der Waals surface area contributed by atoms with Crippen molar-refractivity contribution in [2.45, 2.75) is 6.92 Å². The summed E-state index contributed by atoms with van der Waals surface area (Å²) in [6.45, 7) is 2.00. The van der Waals surface area contributed by atoms with Crippen LogP contribution >= 0.6 is 0 Å². The lowest BCUT2D eigenvalue weighted by Crippen LogP contribution is -1.81. The molecule has 96 valence electrons. The first-order valence-corrected chi connectivity index (χ1v) is 6.31. The molecule has 0 N–H and O–H groups in total. The summed E-state index contributed by atoms with van der Waals surface area (Å²) in [7, 11) is 0. The normalized spacial score (nSPS) is 11.5. The van der Waals surface area contributed by atoms with E-state index in [1.165, 1.54) is 0 Å². The molecule has 3 heteroatoms. The van der Waals surface area contributed by atoms with Crippen LogP contribution < -0.4 is 0 Å². The minimum atomic E-state index is 0.358. The topological polar surface area (TPSA) is 49.8 Å². The second-order valence-electron chi connectivity index (χ2n) is 4.57. The molecule has 2 aromatic carbocycles. The zero-order valence-corrected chi connectivity index (χ0v) is 11.0. The van der Waals surface area contributed by atoms with Crippen LogP contribution in [0, 0.1) is 18.3 Å². The van der Waals surface area contributed by atoms with E-state index in [0.717, 1.165) is 16.6 Å². The van der Waals surface area contributed by atoms with Crippen molar-refractivity contribution >= 4 is 22.7 Å². The quantitative estimate of drug-likeness (QED) is 0.649. The zero-order valence-electron chi connectivity index (χ0n) is 11.0. The Morgan fingerprint density at radius 3 is 2.75 bits per heavy atom. The highest BCUT2D eigenvalue weighted by molar-refractivity contribution is 5.88. The number of nitriles is 1. The fourth-order valence-corrected chi connectivity index (χ4v) is 2.01. The molecular weight excluding hydrogens is 248 g/mol. The van der Waals surface area contributed by atoms with Crippen molar-refractivity contribution < 1.29 is 4.42 Å². The van der Waals surface area contributed by atoms with Crippen LogP contribution in [-0.2, 0) is 0 Å². The third-order valence-electron chi connectivity index (χ3n) is 3.00. The number of rotatable bonds is 2. The third kappa shape index (κ3) is 2.32. The molecular formula is C17H12N2O. The number of hydrogen-bond acceptors (Lipinski definition) is 3. The molecule has 0 unspecified atom stereocenters. The van der Waals surface area contributed by atoms with E-state index in [1.807, 2.05) is 55.5 Å². The van der Waals surface area contributed by atoms with E-state index in [4.69, 9.17) is 4.42 Å². The van der Waals surface area contributed by atoms with Gasteiger partial charge in [0, 0.05) is 0 Å². The fraction of sp³-hybridized carbons (Fsp3) is 0.0588. The van der Waals surface area contributed by atoms with Gasteiger partial charge in [0.05, 0.1) is 0 Å². The number of benzene rings is 2. The summed E-state index contributed by atoms with van der Waals surface area (Å²) in [5.74, 6) is 0.358. The van der Waals surface area contributed by atoms with Gasteiger partial charge in [-0.1, -0.05) is 36.4 Å². The lowest BCUT2D eigenvalue weighted by molar-refractivity contribution is 0.586. The van der Waals surface area contributed by atoms with Gasteiger partial charge in [-0.2, -0.15) is 5.26 Å². The maximum absolute atomic E-state index is 9.30. The van der Waals surface area contributed by atoms with Crippen molar-refractivity contribution in [3.8, 4) is 6.07 Å². The van der Waals surface area contributed by atoms with Crippen LogP contribution in [0.15, 0.2) is 52.9 Å². The molecule has 0 fully saturated rings. The van der Waals surface area contributed by atoms with Crippen LogP contribution in [-0.4, -0.2) is 4.98 Å². The monoisotopic (exact) mass is 260 g/mol. The zero-order chi connectivity index (χ0) is 13.9. The molecule has 1 heterocycles. The fourth-order valence-electron chi connectivity index (χ4n) is 2.01. The number of hydrogen-bond donors (Lipinski definition) is 0. The highest BCUT2D eigenvalue weighted by Gasteiger charge is 2.10. The minimum Gasteiger partial charge on any atom is -0.435 e. The van der Waals surface area contributed by atoms with Gasteiger partial charge >= 0.3 is 0 Å². The van der Waals surface area contributed by atoms with Gasteiger partial charge in [0.15, 0.2) is 5.58 Å². The molecule has 0 saturated carbocycles. The summed E-state index contributed by atoms with van der Waals surface area (Å²) in [6, 6.07) is 17.6. The van der Waals surface area contributed by atoms with Gasteiger partial charge in [-0.3, -0.25) is 0 Å². The summed E-state index contributed by atoms with van der Waals surface area (Å²) in [4.78, 5) is 4.38. The second-order valence-corrected chi connectivity index (χ2v) is 4.57. The predicted octanol–water partition coefficient (Wildman–Crippen LogP) is 4.20. The van der Waals surface area contributed by atoms with E-state index in [2.05, 4.69) is 11.1 Å². The van der Waals surface area contributed by atoms with E-state index in [9.17, 15) is 5.26 Å². The largest absolute Gasteiger partial charge is 0.435 e. The molecule has 20 heavy (non-hydrogen) atoms. The smallest absolute Gasteiger partial charge is 0.238 e. The Balaban J connectivity index is 2.08. The SMILES string of the molecule is Cc1ccc2oc(/C(C#N)=C/c3ccccc3)nc2c1. The number of allylic oxidation sites excluding steroid dienone is 1. The standard InChI is InChI=1S/C17H12N2O/c1-12-7-8-16-15(9-12)19-17(20-16)14(11-18)10-13-5-3-2-4-6-13/h2-10H,1H3/b14-10+. The Kier molecular flexibility index (Phi) is 3.06. The first-order valence-electron chi connectivity index (χ1n) is 6.31. The summed E-state index contributed by atoms with van der Waals surface area (Å²) >= 11 is 0. The van der Waals surface area contributed by atoms with Gasteiger partial charge in [-0.25, -0.2) is 4.98 Å². The molecule has 1 aromatic heterocycles. The van der Waals surface area contributed by atoms with Gasteiger partial charge in [0.1, 0.15) is 17.2 Å². The Bertz CT molecular complexity index is 823. The maximum Gasteiger partial charge on any atom is 0.238 e. The van der Waals surface area contributed by atoms with E-state index in [0.29, 0.717) is 17.0 Å². The van der Waals surface area contributed by atoms with Gasteiger partial charge in [-0.15, -0.1) is 0 Å². The molecule has 0 aliphatic carbocycles. The molecule has 0 bridgehead atoms. The average Bonchev–Trinajstić information content (AvgIpc) is 2.88. The van der Waals surface area contributed by atoms with Crippen LogP contribution in [0.2, 0.25) is 0 Å². The Labute approximate surface area is 116 Å². The minimum absolute atomic E-state index is 0.358. The number of oxazole rings is 1. The van der Waals surface area contributed by atoms with Crippen molar-refractivity contribution in [1.82, 2.24) is 4.98 Å². The summed E-state index contributed by atoms with van der Waals surface area (Å²) in [6.07, 6.45) is 1.78. The van der Waals surface area contributed by atoms with Crippen molar-refractivity contribution in [2.24, 2.45) is 0 Å². The molecule has 3 rings (SSSR count). The van der Waals surface area contributed by atoms with Crippen molar-refractivity contribution in [1.29, 1.82) is 5.26 Å². The van der Waals surface area contributed by atoms with Crippen molar-refractivity contribution in [2.75, 3.05) is 0 Å². The Hall–Kier alpha value is -2.86. The van der Waals surface area contributed by atoms with E-state index in [1.54, 1.807) is 6.08 Å². The number of aryl methyl sites for hydroxylation is 1. The molecule has 0 aliphatic heterocycles. The summed E-state index contributed by atoms with van der Waals surface area (Å²) in [5.41, 5.74) is 3.95. The third-order valence-corrected chi connectivity index (χ3v) is 3.00. The number of fused-ring (bicyclic) bond motifs is 1. The molecule has 3 aromatic rings. The average molecular weight is 260 g/mol. The second kappa shape index (κ2) is 5.02. The van der Waals surface area contributed by atoms with Gasteiger partial charge in [0.2, 0.25) is 5.89 Å². The molecule has 0 atom stereocenters. The van der Waals surface area contributed by atoms with Crippen molar-refractivity contribution in [3.05, 3.63) is 65.5 Å². The number of aromatic nitrogens is 1. The molecule has 0 amide bonds. The van der Waals surface area contributed by atoms with E-state index < -0.39 is 0 Å². The van der Waals surface area contributed by atoms with Crippen LogP contribution in [0.1, 0.15) is 17.0 Å². The highest BCUT2D eigenvalue weighted by atomic mass is 16.3. The van der Waals surface area contributed by atoms with Crippen LogP contribution in [0.5, 0.6) is 0 Å². The van der Waals surface area contributed by atoms with Gasteiger partial charge in [0.25, 0.3) is 0 Å². The van der Waals surface area contributed by atoms with Crippen LogP contribution in [0.25, 0.3) is 22.7 Å². The van der Waals surface area contributed by atoms with E-state index >= 15 is 0 Å². The van der Waals surface area contributed by atoms with Crippen LogP contribution in [0.4, 0.5) is 0 Å². The lowest BCUT2D eigenvalue weighted by Gasteiger charge is -1.93. The van der Waals surface area contributed by atoms with E-state index in [-0.39, 0.29) is 0 Å². The maximum atomic E-state index is 9.30. The van der Waals surface area contributed by atoms with Crippen LogP contribution in [0.3, 0.4) is 0 Å². The molecule has 3 nitrogen and oxygen atoms in total. The van der Waals surface area contributed by atoms with Crippen molar-refractivity contribution in [3.63, 3.8) is 0 Å². The Morgan fingerprint density at radius 2 is 2.00 bits per heavy atom. The predicted molar refractivity (Wildman–Crippen MR) is 78.7 cm³/mol. The Morgan fingerprint density at radius 1 is 1.20 bits per heavy atom. The first-order chi connectivity index (χ1) is 9.76. The van der Waals surface area contributed by atoms with Gasteiger partial charge in [-0.05, 0) is 36.3 Å².